The number of aromatic nitrogens is 1. The molecule has 3 aromatic rings. The standard InChI is InChI=1S/C20H20N2O3S/c1-4-25-19(24)18-13(2)22(3)20(26-18)21-17(23)12-15-10-7-9-14-8-5-6-11-16(14)15/h5-11H,4,12H2,1-3H3. The zero-order valence-electron chi connectivity index (χ0n) is 15.0. The van der Waals surface area contributed by atoms with E-state index in [4.69, 9.17) is 4.74 Å². The number of ether oxygens (including phenoxy) is 1. The van der Waals surface area contributed by atoms with E-state index in [0.29, 0.717) is 16.3 Å². The van der Waals surface area contributed by atoms with Gasteiger partial charge >= 0.3 is 5.97 Å². The summed E-state index contributed by atoms with van der Waals surface area (Å²) >= 11 is 1.18. The predicted molar refractivity (Wildman–Crippen MR) is 102 cm³/mol. The molecule has 1 heterocycles. The molecule has 0 saturated carbocycles. The fourth-order valence-corrected chi connectivity index (χ4v) is 3.80. The zero-order chi connectivity index (χ0) is 18.7. The molecule has 26 heavy (non-hydrogen) atoms. The molecular formula is C20H20N2O3S. The van der Waals surface area contributed by atoms with E-state index in [-0.39, 0.29) is 18.3 Å². The second kappa shape index (κ2) is 7.66. The van der Waals surface area contributed by atoms with Crippen molar-refractivity contribution < 1.29 is 14.3 Å². The topological polar surface area (TPSA) is 60.7 Å². The highest BCUT2D eigenvalue weighted by atomic mass is 32.1. The van der Waals surface area contributed by atoms with Crippen molar-refractivity contribution in [1.82, 2.24) is 4.57 Å². The van der Waals surface area contributed by atoms with Crippen molar-refractivity contribution >= 4 is 34.0 Å². The molecule has 0 bridgehead atoms. The number of amides is 1. The van der Waals surface area contributed by atoms with Crippen LogP contribution >= 0.6 is 11.3 Å². The minimum atomic E-state index is -0.381. The molecule has 2 aromatic carbocycles. The van der Waals surface area contributed by atoms with Gasteiger partial charge in [-0.1, -0.05) is 53.8 Å². The van der Waals surface area contributed by atoms with Gasteiger partial charge in [-0.2, -0.15) is 4.99 Å². The van der Waals surface area contributed by atoms with Crippen LogP contribution < -0.4 is 4.80 Å². The van der Waals surface area contributed by atoms with Crippen LogP contribution in [0.2, 0.25) is 0 Å². The van der Waals surface area contributed by atoms with Crippen LogP contribution in [-0.4, -0.2) is 23.1 Å². The molecule has 0 unspecified atom stereocenters. The summed E-state index contributed by atoms with van der Waals surface area (Å²) in [7, 11) is 1.79. The van der Waals surface area contributed by atoms with E-state index in [2.05, 4.69) is 4.99 Å². The molecule has 0 fully saturated rings. The molecule has 1 amide bonds. The van der Waals surface area contributed by atoms with Gasteiger partial charge in [0.2, 0.25) is 0 Å². The average molecular weight is 368 g/mol. The molecule has 0 spiro atoms. The van der Waals surface area contributed by atoms with Gasteiger partial charge in [0.05, 0.1) is 13.0 Å². The van der Waals surface area contributed by atoms with E-state index >= 15 is 0 Å². The van der Waals surface area contributed by atoms with E-state index in [1.54, 1.807) is 18.5 Å². The van der Waals surface area contributed by atoms with Gasteiger partial charge in [-0.25, -0.2) is 4.79 Å². The molecule has 0 atom stereocenters. The minimum absolute atomic E-state index is 0.215. The van der Waals surface area contributed by atoms with Crippen molar-refractivity contribution in [2.75, 3.05) is 6.61 Å². The first kappa shape index (κ1) is 18.1. The van der Waals surface area contributed by atoms with Gasteiger partial charge in [-0.15, -0.1) is 0 Å². The van der Waals surface area contributed by atoms with Crippen molar-refractivity contribution in [3.05, 3.63) is 63.4 Å². The molecule has 0 aliphatic carbocycles. The van der Waals surface area contributed by atoms with E-state index in [1.165, 1.54) is 11.3 Å². The number of carbonyl (C=O) groups excluding carboxylic acids is 2. The Bertz CT molecular complexity index is 1040. The fraction of sp³-hybridized carbons (Fsp3) is 0.250. The SMILES string of the molecule is CCOC(=O)c1sc(=NC(=O)Cc2cccc3ccccc23)n(C)c1C. The lowest BCUT2D eigenvalue weighted by Gasteiger charge is -2.04. The van der Waals surface area contributed by atoms with Crippen molar-refractivity contribution in [1.29, 1.82) is 0 Å². The number of thiazole rings is 1. The molecule has 0 radical (unpaired) electrons. The van der Waals surface area contributed by atoms with Crippen molar-refractivity contribution in [2.24, 2.45) is 12.0 Å². The molecule has 0 aliphatic rings. The molecule has 5 nitrogen and oxygen atoms in total. The molecule has 134 valence electrons. The number of fused-ring (bicyclic) bond motifs is 1. The van der Waals surface area contributed by atoms with Gasteiger partial charge in [0.25, 0.3) is 5.91 Å². The van der Waals surface area contributed by atoms with Gasteiger partial charge in [0, 0.05) is 12.7 Å². The monoisotopic (exact) mass is 368 g/mol. The molecule has 6 heteroatoms. The van der Waals surface area contributed by atoms with Crippen LogP contribution in [-0.2, 0) is 23.0 Å². The number of hydrogen-bond acceptors (Lipinski definition) is 4. The first-order valence-electron chi connectivity index (χ1n) is 8.39. The van der Waals surface area contributed by atoms with E-state index in [0.717, 1.165) is 22.0 Å². The zero-order valence-corrected chi connectivity index (χ0v) is 15.8. The maximum Gasteiger partial charge on any atom is 0.350 e. The number of esters is 1. The van der Waals surface area contributed by atoms with E-state index < -0.39 is 0 Å². The van der Waals surface area contributed by atoms with Crippen molar-refractivity contribution in [3.8, 4) is 0 Å². The van der Waals surface area contributed by atoms with E-state index in [9.17, 15) is 9.59 Å². The molecule has 1 aromatic heterocycles. The Kier molecular flexibility index (Phi) is 5.32. The van der Waals surface area contributed by atoms with Gasteiger partial charge in [-0.3, -0.25) is 4.79 Å². The Hall–Kier alpha value is -2.73. The number of nitrogens with zero attached hydrogens (tertiary/aromatic N) is 2. The van der Waals surface area contributed by atoms with Crippen LogP contribution in [0.5, 0.6) is 0 Å². The highest BCUT2D eigenvalue weighted by Crippen LogP contribution is 2.19. The second-order valence-corrected chi connectivity index (χ2v) is 6.88. The Morgan fingerprint density at radius 1 is 1.15 bits per heavy atom. The Morgan fingerprint density at radius 3 is 2.65 bits per heavy atom. The number of rotatable bonds is 4. The summed E-state index contributed by atoms with van der Waals surface area (Å²) in [6.45, 7) is 3.89. The van der Waals surface area contributed by atoms with Crippen LogP contribution in [0.3, 0.4) is 0 Å². The molecule has 0 saturated heterocycles. The highest BCUT2D eigenvalue weighted by molar-refractivity contribution is 7.11. The molecular weight excluding hydrogens is 348 g/mol. The Morgan fingerprint density at radius 2 is 1.88 bits per heavy atom. The minimum Gasteiger partial charge on any atom is -0.462 e. The number of carbonyl (C=O) groups is 2. The Labute approximate surface area is 155 Å². The summed E-state index contributed by atoms with van der Waals surface area (Å²) in [5.41, 5.74) is 1.68. The van der Waals surface area contributed by atoms with Gasteiger partial charge < -0.3 is 9.30 Å². The smallest absolute Gasteiger partial charge is 0.350 e. The molecule has 0 N–H and O–H groups in total. The summed E-state index contributed by atoms with van der Waals surface area (Å²) in [5, 5.41) is 2.15. The lowest BCUT2D eigenvalue weighted by atomic mass is 10.0. The average Bonchev–Trinajstić information content (AvgIpc) is 2.91. The van der Waals surface area contributed by atoms with Crippen LogP contribution in [0.25, 0.3) is 10.8 Å². The second-order valence-electron chi connectivity index (χ2n) is 5.90. The summed E-state index contributed by atoms with van der Waals surface area (Å²) in [4.78, 5) is 29.7. The third-order valence-corrected chi connectivity index (χ3v) is 5.43. The maximum atomic E-state index is 12.5. The van der Waals surface area contributed by atoms with Crippen LogP contribution in [0.4, 0.5) is 0 Å². The third kappa shape index (κ3) is 3.60. The van der Waals surface area contributed by atoms with Gasteiger partial charge in [-0.05, 0) is 30.2 Å². The predicted octanol–water partition coefficient (Wildman–Crippen LogP) is 3.39. The number of hydrogen-bond donors (Lipinski definition) is 0. The third-order valence-electron chi connectivity index (χ3n) is 4.21. The summed E-state index contributed by atoms with van der Waals surface area (Å²) in [6.07, 6.45) is 0.215. The lowest BCUT2D eigenvalue weighted by molar-refractivity contribution is -0.117. The lowest BCUT2D eigenvalue weighted by Crippen LogP contribution is -2.15. The maximum absolute atomic E-state index is 12.5. The first-order chi connectivity index (χ1) is 12.5. The summed E-state index contributed by atoms with van der Waals surface area (Å²) < 4.78 is 6.81. The highest BCUT2D eigenvalue weighted by Gasteiger charge is 2.16. The quantitative estimate of drug-likeness (QED) is 0.663. The normalized spacial score (nSPS) is 11.7. The largest absolute Gasteiger partial charge is 0.462 e. The number of benzene rings is 2. The summed E-state index contributed by atoms with van der Waals surface area (Å²) in [5.74, 6) is -0.623. The first-order valence-corrected chi connectivity index (χ1v) is 9.20. The molecule has 0 aliphatic heterocycles. The van der Waals surface area contributed by atoms with Gasteiger partial charge in [0.15, 0.2) is 4.80 Å². The van der Waals surface area contributed by atoms with E-state index in [1.807, 2.05) is 49.4 Å². The van der Waals surface area contributed by atoms with Crippen LogP contribution in [0.1, 0.15) is 27.9 Å². The summed E-state index contributed by atoms with van der Waals surface area (Å²) in [6, 6.07) is 13.9. The fourth-order valence-electron chi connectivity index (χ4n) is 2.77. The van der Waals surface area contributed by atoms with Gasteiger partial charge in [0.1, 0.15) is 4.88 Å². The van der Waals surface area contributed by atoms with Crippen molar-refractivity contribution in [3.63, 3.8) is 0 Å². The van der Waals surface area contributed by atoms with Crippen LogP contribution in [0.15, 0.2) is 47.5 Å². The van der Waals surface area contributed by atoms with Crippen molar-refractivity contribution in [2.45, 2.75) is 20.3 Å². The van der Waals surface area contributed by atoms with Crippen LogP contribution in [0, 0.1) is 6.92 Å². The molecule has 3 rings (SSSR count). The Balaban J connectivity index is 1.92.